The van der Waals surface area contributed by atoms with E-state index in [0.29, 0.717) is 0 Å². The molecule has 4 N–H and O–H groups in total. The Labute approximate surface area is 88.4 Å². The zero-order valence-electron chi connectivity index (χ0n) is 7.96. The van der Waals surface area contributed by atoms with Gasteiger partial charge in [-0.15, -0.1) is 0 Å². The highest BCUT2D eigenvalue weighted by Gasteiger charge is 2.03. The van der Waals surface area contributed by atoms with Crippen LogP contribution in [0, 0.1) is 0 Å². The van der Waals surface area contributed by atoms with Crippen molar-refractivity contribution in [3.63, 3.8) is 0 Å². The van der Waals surface area contributed by atoms with E-state index in [0.717, 1.165) is 6.08 Å². The molecule has 0 unspecified atom stereocenters. The number of primary sulfonamides is 1. The minimum absolute atomic E-state index is 0.148. The van der Waals surface area contributed by atoms with E-state index in [1.54, 1.807) is 18.2 Å². The van der Waals surface area contributed by atoms with E-state index >= 15 is 0 Å². The topological polar surface area (TPSA) is 103 Å². The summed E-state index contributed by atoms with van der Waals surface area (Å²) in [7, 11) is -3.50. The van der Waals surface area contributed by atoms with Crippen LogP contribution < -0.4 is 10.9 Å². The normalized spacial score (nSPS) is 9.67. The van der Waals surface area contributed by atoms with Gasteiger partial charge in [-0.1, -0.05) is 24.8 Å². The average Bonchev–Trinajstić information content (AvgIpc) is 2.19. The number of carbonyl (C=O) groups excluding carboxylic acids is 1. The summed E-state index contributed by atoms with van der Waals surface area (Å²) < 4.78 is 21.2. The molecule has 1 aromatic carbocycles. The van der Waals surface area contributed by atoms with Gasteiger partial charge in [0.1, 0.15) is 0 Å². The van der Waals surface area contributed by atoms with Crippen LogP contribution in [0.25, 0.3) is 0 Å². The lowest BCUT2D eigenvalue weighted by atomic mass is 10.4. The summed E-state index contributed by atoms with van der Waals surface area (Å²) in [4.78, 5) is 9.62. The van der Waals surface area contributed by atoms with E-state index in [4.69, 9.17) is 5.14 Å². The summed E-state index contributed by atoms with van der Waals surface area (Å²) in [5.41, 5.74) is 4.53. The molecule has 6 heteroatoms. The third-order valence-electron chi connectivity index (χ3n) is 1.27. The van der Waals surface area contributed by atoms with Crippen molar-refractivity contribution in [3.8, 4) is 0 Å². The number of rotatable bonds is 2. The Morgan fingerprint density at radius 2 is 1.67 bits per heavy atom. The molecule has 0 fully saturated rings. The second-order valence-electron chi connectivity index (χ2n) is 2.46. The largest absolute Gasteiger partial charge is 0.366 e. The Morgan fingerprint density at radius 3 is 1.87 bits per heavy atom. The number of benzene rings is 1. The molecule has 0 aliphatic carbocycles. The van der Waals surface area contributed by atoms with Gasteiger partial charge in [-0.25, -0.2) is 13.6 Å². The number of nitrogens with two attached hydrogens (primary N) is 2. The molecule has 1 rings (SSSR count). The molecule has 0 aromatic heterocycles. The minimum atomic E-state index is -3.50. The lowest BCUT2D eigenvalue weighted by molar-refractivity contribution is -0.113. The SMILES string of the molecule is C=CC(N)=O.NS(=O)(=O)c1ccccc1. The van der Waals surface area contributed by atoms with Crippen molar-refractivity contribution in [1.29, 1.82) is 0 Å². The molecule has 0 radical (unpaired) electrons. The number of primary amides is 1. The predicted octanol–water partition coefficient (Wildman–Crippen LogP) is -0.00830. The van der Waals surface area contributed by atoms with Gasteiger partial charge in [-0.3, -0.25) is 4.79 Å². The summed E-state index contributed by atoms with van der Waals surface area (Å²) in [5.74, 6) is -0.481. The minimum Gasteiger partial charge on any atom is -0.366 e. The highest BCUT2D eigenvalue weighted by atomic mass is 32.2. The second kappa shape index (κ2) is 5.94. The molecule has 0 bridgehead atoms. The Hall–Kier alpha value is -1.66. The third-order valence-corrected chi connectivity index (χ3v) is 2.20. The zero-order valence-corrected chi connectivity index (χ0v) is 8.78. The van der Waals surface area contributed by atoms with E-state index in [2.05, 4.69) is 12.3 Å². The lowest BCUT2D eigenvalue weighted by Crippen LogP contribution is -2.11. The number of amides is 1. The fourth-order valence-electron chi connectivity index (χ4n) is 0.610. The molecule has 0 aliphatic heterocycles. The first-order chi connectivity index (χ1) is 6.88. The Bertz CT molecular complexity index is 426. The molecule has 0 heterocycles. The van der Waals surface area contributed by atoms with Gasteiger partial charge in [0, 0.05) is 0 Å². The molecule has 82 valence electrons. The van der Waals surface area contributed by atoms with Gasteiger partial charge in [0.25, 0.3) is 0 Å². The maximum absolute atomic E-state index is 10.6. The van der Waals surface area contributed by atoms with Crippen LogP contribution in [-0.2, 0) is 14.8 Å². The van der Waals surface area contributed by atoms with Crippen molar-refractivity contribution in [1.82, 2.24) is 0 Å². The summed E-state index contributed by atoms with van der Waals surface area (Å²) in [6, 6.07) is 7.89. The Morgan fingerprint density at radius 1 is 1.27 bits per heavy atom. The molecule has 1 amide bonds. The molecular weight excluding hydrogens is 216 g/mol. The van der Waals surface area contributed by atoms with Gasteiger partial charge in [-0.2, -0.15) is 0 Å². The number of hydrogen-bond donors (Lipinski definition) is 2. The maximum atomic E-state index is 10.6. The van der Waals surface area contributed by atoms with Crippen LogP contribution in [0.3, 0.4) is 0 Å². The van der Waals surface area contributed by atoms with E-state index in [1.807, 2.05) is 0 Å². The van der Waals surface area contributed by atoms with Crippen LogP contribution in [0.1, 0.15) is 0 Å². The zero-order chi connectivity index (χ0) is 11.9. The highest BCUT2D eigenvalue weighted by molar-refractivity contribution is 7.89. The highest BCUT2D eigenvalue weighted by Crippen LogP contribution is 2.02. The molecule has 15 heavy (non-hydrogen) atoms. The molecule has 0 saturated carbocycles. The van der Waals surface area contributed by atoms with Gasteiger partial charge < -0.3 is 5.73 Å². The van der Waals surface area contributed by atoms with E-state index in [9.17, 15) is 13.2 Å². The fourth-order valence-corrected chi connectivity index (χ4v) is 1.15. The molecule has 0 saturated heterocycles. The summed E-state index contributed by atoms with van der Waals surface area (Å²) in [6.07, 6.45) is 1.06. The smallest absolute Gasteiger partial charge is 0.240 e. The number of carbonyl (C=O) groups is 1. The number of sulfonamides is 1. The molecule has 5 nitrogen and oxygen atoms in total. The van der Waals surface area contributed by atoms with Gasteiger partial charge in [0.15, 0.2) is 0 Å². The van der Waals surface area contributed by atoms with E-state index in [1.165, 1.54) is 12.1 Å². The van der Waals surface area contributed by atoms with Gasteiger partial charge in [0.05, 0.1) is 4.90 Å². The van der Waals surface area contributed by atoms with Crippen molar-refractivity contribution in [2.45, 2.75) is 4.90 Å². The third kappa shape index (κ3) is 6.42. The molecule has 0 spiro atoms. The predicted molar refractivity (Wildman–Crippen MR) is 57.2 cm³/mol. The summed E-state index contributed by atoms with van der Waals surface area (Å²) >= 11 is 0. The molecule has 0 aliphatic rings. The van der Waals surface area contributed by atoms with Crippen molar-refractivity contribution >= 4 is 15.9 Å². The lowest BCUT2D eigenvalue weighted by Gasteiger charge is -1.93. The van der Waals surface area contributed by atoms with E-state index < -0.39 is 15.9 Å². The second-order valence-corrected chi connectivity index (χ2v) is 4.03. The van der Waals surface area contributed by atoms with Crippen LogP contribution >= 0.6 is 0 Å². The first-order valence-corrected chi connectivity index (χ1v) is 5.42. The van der Waals surface area contributed by atoms with E-state index in [-0.39, 0.29) is 4.90 Å². The van der Waals surface area contributed by atoms with Crippen molar-refractivity contribution < 1.29 is 13.2 Å². The first kappa shape index (κ1) is 13.3. The standard InChI is InChI=1S/C6H7NO2S.C3H5NO/c7-10(8,9)6-4-2-1-3-5-6;1-2-3(4)5/h1-5H,(H2,7,8,9);2H,1H2,(H2,4,5). The molecular formula is C9H12N2O3S. The van der Waals surface area contributed by atoms with Crippen LogP contribution in [-0.4, -0.2) is 14.3 Å². The van der Waals surface area contributed by atoms with Crippen LogP contribution in [0.4, 0.5) is 0 Å². The Kier molecular flexibility index (Phi) is 5.29. The van der Waals surface area contributed by atoms with Crippen molar-refractivity contribution in [3.05, 3.63) is 43.0 Å². The summed E-state index contributed by atoms with van der Waals surface area (Å²) in [6.45, 7) is 3.09. The fraction of sp³-hybridized carbons (Fsp3) is 0. The molecule has 1 aromatic rings. The Balaban J connectivity index is 0.000000336. The van der Waals surface area contributed by atoms with Gasteiger partial charge in [0.2, 0.25) is 15.9 Å². The average molecular weight is 228 g/mol. The summed E-state index contributed by atoms with van der Waals surface area (Å²) in [5, 5.41) is 4.83. The van der Waals surface area contributed by atoms with Gasteiger partial charge >= 0.3 is 0 Å². The van der Waals surface area contributed by atoms with Crippen molar-refractivity contribution in [2.75, 3.05) is 0 Å². The quantitative estimate of drug-likeness (QED) is 0.696. The van der Waals surface area contributed by atoms with Crippen molar-refractivity contribution in [2.24, 2.45) is 10.9 Å². The first-order valence-electron chi connectivity index (χ1n) is 3.87. The van der Waals surface area contributed by atoms with Gasteiger partial charge in [-0.05, 0) is 18.2 Å². The maximum Gasteiger partial charge on any atom is 0.240 e. The number of hydrogen-bond acceptors (Lipinski definition) is 3. The molecule has 0 atom stereocenters. The van der Waals surface area contributed by atoms with Crippen LogP contribution in [0.2, 0.25) is 0 Å². The van der Waals surface area contributed by atoms with Crippen LogP contribution in [0.5, 0.6) is 0 Å². The van der Waals surface area contributed by atoms with Crippen LogP contribution in [0.15, 0.2) is 47.9 Å². The monoisotopic (exact) mass is 228 g/mol.